The van der Waals surface area contributed by atoms with Crippen LogP contribution >= 0.6 is 0 Å². The summed E-state index contributed by atoms with van der Waals surface area (Å²) >= 11 is 0. The molecule has 0 spiro atoms. The minimum absolute atomic E-state index is 0.0345. The molecule has 1 aromatic heterocycles. The molecule has 2 saturated heterocycles. The van der Waals surface area contributed by atoms with Gasteiger partial charge in [-0.1, -0.05) is 35.5 Å². The largest absolute Gasteiger partial charge is 0.381 e. The molecule has 144 valence electrons. The number of carbonyl (C=O) groups excluding carboxylic acids is 1. The Labute approximate surface area is 159 Å². The van der Waals surface area contributed by atoms with Gasteiger partial charge in [0.25, 0.3) is 0 Å². The first-order chi connectivity index (χ1) is 13.3. The molecule has 1 N–H and O–H groups in total. The molecule has 0 aliphatic carbocycles. The van der Waals surface area contributed by atoms with Gasteiger partial charge in [0, 0.05) is 38.8 Å². The number of amides is 2. The van der Waals surface area contributed by atoms with Crippen LogP contribution in [0.5, 0.6) is 0 Å². The number of benzene rings is 1. The van der Waals surface area contributed by atoms with Crippen LogP contribution < -0.4 is 5.32 Å². The zero-order chi connectivity index (χ0) is 18.5. The average molecular weight is 370 g/mol. The predicted octanol–water partition coefficient (Wildman–Crippen LogP) is 3.05. The molecule has 7 heteroatoms. The van der Waals surface area contributed by atoms with Crippen molar-refractivity contribution in [3.05, 3.63) is 47.6 Å². The van der Waals surface area contributed by atoms with Gasteiger partial charge in [0.2, 0.25) is 5.89 Å². The molecule has 3 heterocycles. The molecule has 1 unspecified atom stereocenters. The first-order valence-corrected chi connectivity index (χ1v) is 9.77. The summed E-state index contributed by atoms with van der Waals surface area (Å²) in [4.78, 5) is 19.0. The van der Waals surface area contributed by atoms with E-state index in [1.165, 1.54) is 0 Å². The molecule has 0 saturated carbocycles. The summed E-state index contributed by atoms with van der Waals surface area (Å²) in [6.07, 6.45) is 3.80. The van der Waals surface area contributed by atoms with Crippen molar-refractivity contribution in [2.24, 2.45) is 0 Å². The molecule has 4 rings (SSSR count). The number of ether oxygens (including phenoxy) is 1. The van der Waals surface area contributed by atoms with Gasteiger partial charge >= 0.3 is 6.03 Å². The van der Waals surface area contributed by atoms with Crippen molar-refractivity contribution in [2.75, 3.05) is 26.3 Å². The Bertz CT molecular complexity index is 743. The second-order valence-corrected chi connectivity index (χ2v) is 7.31. The Balaban J connectivity index is 1.33. The van der Waals surface area contributed by atoms with Crippen LogP contribution in [0.2, 0.25) is 0 Å². The number of piperidine rings is 1. The SMILES string of the molecule is O=C(NCc1ccccc1)N1CCCC(c2nc(C3CCOCC3)no2)C1. The van der Waals surface area contributed by atoms with E-state index in [1.807, 2.05) is 35.2 Å². The van der Waals surface area contributed by atoms with E-state index < -0.39 is 0 Å². The van der Waals surface area contributed by atoms with Crippen molar-refractivity contribution in [1.29, 1.82) is 0 Å². The highest BCUT2D eigenvalue weighted by atomic mass is 16.5. The lowest BCUT2D eigenvalue weighted by Gasteiger charge is -2.31. The molecule has 2 aliphatic rings. The Morgan fingerprint density at radius 3 is 2.78 bits per heavy atom. The number of likely N-dealkylation sites (tertiary alicyclic amines) is 1. The van der Waals surface area contributed by atoms with E-state index in [0.717, 1.165) is 56.8 Å². The molecule has 1 aromatic carbocycles. The van der Waals surface area contributed by atoms with Crippen LogP contribution in [0.3, 0.4) is 0 Å². The minimum atomic E-state index is -0.0345. The molecular weight excluding hydrogens is 344 g/mol. The zero-order valence-corrected chi connectivity index (χ0v) is 15.5. The van der Waals surface area contributed by atoms with Gasteiger partial charge in [0.1, 0.15) is 0 Å². The molecule has 0 bridgehead atoms. The van der Waals surface area contributed by atoms with Crippen LogP contribution in [0, 0.1) is 0 Å². The summed E-state index contributed by atoms with van der Waals surface area (Å²) in [5.74, 6) is 1.89. The number of carbonyl (C=O) groups is 1. The smallest absolute Gasteiger partial charge is 0.317 e. The summed E-state index contributed by atoms with van der Waals surface area (Å²) in [5, 5.41) is 7.20. The van der Waals surface area contributed by atoms with E-state index in [2.05, 4.69) is 15.5 Å². The third-order valence-corrected chi connectivity index (χ3v) is 5.39. The maximum atomic E-state index is 12.5. The second-order valence-electron chi connectivity index (χ2n) is 7.31. The Morgan fingerprint density at radius 2 is 1.96 bits per heavy atom. The summed E-state index contributed by atoms with van der Waals surface area (Å²) in [6.45, 7) is 3.43. The molecule has 1 atom stereocenters. The number of aromatic nitrogens is 2. The fraction of sp³-hybridized carbons (Fsp3) is 0.550. The second kappa shape index (κ2) is 8.52. The number of hydrogen-bond acceptors (Lipinski definition) is 5. The molecular formula is C20H26N4O3. The van der Waals surface area contributed by atoms with Crippen molar-refractivity contribution in [1.82, 2.24) is 20.4 Å². The van der Waals surface area contributed by atoms with E-state index in [4.69, 9.17) is 9.26 Å². The zero-order valence-electron chi connectivity index (χ0n) is 15.5. The highest BCUT2D eigenvalue weighted by molar-refractivity contribution is 5.74. The summed E-state index contributed by atoms with van der Waals surface area (Å²) in [5.41, 5.74) is 1.09. The lowest BCUT2D eigenvalue weighted by molar-refractivity contribution is 0.0830. The monoisotopic (exact) mass is 370 g/mol. The highest BCUT2D eigenvalue weighted by Gasteiger charge is 2.30. The molecule has 0 radical (unpaired) electrons. The van der Waals surface area contributed by atoms with Gasteiger partial charge in [0.15, 0.2) is 5.82 Å². The van der Waals surface area contributed by atoms with Gasteiger partial charge in [0.05, 0.1) is 5.92 Å². The third-order valence-electron chi connectivity index (χ3n) is 5.39. The number of nitrogens with one attached hydrogen (secondary N) is 1. The Morgan fingerprint density at radius 1 is 1.15 bits per heavy atom. The number of rotatable bonds is 4. The number of urea groups is 1. The van der Waals surface area contributed by atoms with Crippen LogP contribution in [0.4, 0.5) is 4.79 Å². The maximum Gasteiger partial charge on any atom is 0.317 e. The standard InChI is InChI=1S/C20H26N4O3/c25-20(21-13-15-5-2-1-3-6-15)24-10-4-7-17(14-24)19-22-18(23-27-19)16-8-11-26-12-9-16/h1-3,5-6,16-17H,4,7-14H2,(H,21,25). The van der Waals surface area contributed by atoms with Gasteiger partial charge in [-0.25, -0.2) is 4.79 Å². The summed E-state index contributed by atoms with van der Waals surface area (Å²) < 4.78 is 11.0. The fourth-order valence-corrected chi connectivity index (χ4v) is 3.78. The number of nitrogens with zero attached hydrogens (tertiary/aromatic N) is 3. The molecule has 2 aliphatic heterocycles. The van der Waals surface area contributed by atoms with Crippen molar-refractivity contribution < 1.29 is 14.1 Å². The minimum Gasteiger partial charge on any atom is -0.381 e. The molecule has 7 nitrogen and oxygen atoms in total. The normalized spacial score (nSPS) is 21.2. The highest BCUT2D eigenvalue weighted by Crippen LogP contribution is 2.29. The van der Waals surface area contributed by atoms with Crippen LogP contribution in [-0.4, -0.2) is 47.4 Å². The first-order valence-electron chi connectivity index (χ1n) is 9.77. The summed E-state index contributed by atoms with van der Waals surface area (Å²) in [6, 6.07) is 9.91. The quantitative estimate of drug-likeness (QED) is 0.895. The third kappa shape index (κ3) is 4.47. The lowest BCUT2D eigenvalue weighted by atomic mass is 9.97. The van der Waals surface area contributed by atoms with E-state index in [-0.39, 0.29) is 11.9 Å². The van der Waals surface area contributed by atoms with Gasteiger partial charge in [-0.2, -0.15) is 4.98 Å². The van der Waals surface area contributed by atoms with Crippen LogP contribution in [0.15, 0.2) is 34.9 Å². The van der Waals surface area contributed by atoms with Crippen molar-refractivity contribution in [3.63, 3.8) is 0 Å². The van der Waals surface area contributed by atoms with E-state index in [9.17, 15) is 4.79 Å². The first kappa shape index (κ1) is 18.0. The fourth-order valence-electron chi connectivity index (χ4n) is 3.78. The van der Waals surface area contributed by atoms with Crippen LogP contribution in [0.1, 0.15) is 54.8 Å². The van der Waals surface area contributed by atoms with Gasteiger partial charge in [-0.05, 0) is 31.2 Å². The van der Waals surface area contributed by atoms with Crippen molar-refractivity contribution in [3.8, 4) is 0 Å². The molecule has 27 heavy (non-hydrogen) atoms. The van der Waals surface area contributed by atoms with Gasteiger partial charge in [-0.3, -0.25) is 0 Å². The van der Waals surface area contributed by atoms with Crippen molar-refractivity contribution in [2.45, 2.75) is 44.1 Å². The Kier molecular flexibility index (Phi) is 5.67. The van der Waals surface area contributed by atoms with Crippen LogP contribution in [-0.2, 0) is 11.3 Å². The van der Waals surface area contributed by atoms with E-state index >= 15 is 0 Å². The number of hydrogen-bond donors (Lipinski definition) is 1. The summed E-state index contributed by atoms with van der Waals surface area (Å²) in [7, 11) is 0. The topological polar surface area (TPSA) is 80.5 Å². The van der Waals surface area contributed by atoms with E-state index in [1.54, 1.807) is 0 Å². The van der Waals surface area contributed by atoms with Crippen LogP contribution in [0.25, 0.3) is 0 Å². The average Bonchev–Trinajstić information content (AvgIpc) is 3.24. The Hall–Kier alpha value is -2.41. The van der Waals surface area contributed by atoms with Crippen molar-refractivity contribution >= 4 is 6.03 Å². The maximum absolute atomic E-state index is 12.5. The van der Waals surface area contributed by atoms with Gasteiger partial charge in [-0.15, -0.1) is 0 Å². The lowest BCUT2D eigenvalue weighted by Crippen LogP contribution is -2.44. The van der Waals surface area contributed by atoms with Gasteiger partial charge < -0.3 is 19.5 Å². The molecule has 2 fully saturated rings. The molecule has 2 aromatic rings. The molecule has 2 amide bonds. The predicted molar refractivity (Wildman–Crippen MR) is 99.3 cm³/mol. The van der Waals surface area contributed by atoms with E-state index in [0.29, 0.717) is 24.9 Å².